The number of halogens is 2. The first-order valence-corrected chi connectivity index (χ1v) is 7.24. The molecule has 4 nitrogen and oxygen atoms in total. The lowest BCUT2D eigenvalue weighted by molar-refractivity contribution is -0.121. The fraction of sp³-hybridized carbons (Fsp3) is 0.533. The van der Waals surface area contributed by atoms with Gasteiger partial charge in [-0.3, -0.25) is 4.79 Å². The largest absolute Gasteiger partial charge is 0.353 e. The second-order valence-electron chi connectivity index (χ2n) is 5.38. The maximum atomic E-state index is 13.5. The first-order valence-electron chi connectivity index (χ1n) is 7.24. The molecule has 1 amide bonds. The topological polar surface area (TPSA) is 58.4 Å². The van der Waals surface area contributed by atoms with Crippen molar-refractivity contribution in [3.8, 4) is 0 Å². The number of hydrogen-bond donors (Lipinski definition) is 2. The molecule has 1 aliphatic heterocycles. The number of amides is 1. The number of nitrogens with zero attached hydrogens (tertiary/aromatic N) is 1. The average molecular weight is 297 g/mol. The third-order valence-corrected chi connectivity index (χ3v) is 3.76. The van der Waals surface area contributed by atoms with E-state index in [2.05, 4.69) is 10.2 Å². The van der Waals surface area contributed by atoms with Gasteiger partial charge in [0.25, 0.3) is 0 Å². The van der Waals surface area contributed by atoms with Gasteiger partial charge in [0.1, 0.15) is 11.6 Å². The van der Waals surface area contributed by atoms with E-state index in [1.54, 1.807) is 0 Å². The smallest absolute Gasteiger partial charge is 0.224 e. The molecule has 0 radical (unpaired) electrons. The van der Waals surface area contributed by atoms with Crippen LogP contribution in [0.3, 0.4) is 0 Å². The molecular weight excluding hydrogens is 276 g/mol. The number of piperidine rings is 1. The molecule has 1 aliphatic rings. The van der Waals surface area contributed by atoms with Crippen LogP contribution in [0.25, 0.3) is 0 Å². The number of nitrogens with one attached hydrogen (secondary N) is 1. The quantitative estimate of drug-likeness (QED) is 0.854. The minimum atomic E-state index is -0.678. The summed E-state index contributed by atoms with van der Waals surface area (Å²) in [6, 6.07) is 3.40. The third kappa shape index (κ3) is 4.75. The fourth-order valence-electron chi connectivity index (χ4n) is 2.60. The van der Waals surface area contributed by atoms with Gasteiger partial charge >= 0.3 is 0 Å². The minimum absolute atomic E-state index is 0.0604. The number of likely N-dealkylation sites (tertiary alicyclic amines) is 1. The van der Waals surface area contributed by atoms with E-state index in [4.69, 9.17) is 5.73 Å². The molecule has 0 spiro atoms. The lowest BCUT2D eigenvalue weighted by atomic mass is 10.0. The predicted octanol–water partition coefficient (Wildman–Crippen LogP) is 1.05. The molecule has 1 saturated heterocycles. The van der Waals surface area contributed by atoms with E-state index in [0.29, 0.717) is 6.54 Å². The lowest BCUT2D eigenvalue weighted by Crippen LogP contribution is -2.46. The number of benzene rings is 1. The molecule has 0 unspecified atom stereocenters. The molecule has 1 fully saturated rings. The predicted molar refractivity (Wildman–Crippen MR) is 76.7 cm³/mol. The van der Waals surface area contributed by atoms with Crippen LogP contribution >= 0.6 is 0 Å². The van der Waals surface area contributed by atoms with Crippen LogP contribution < -0.4 is 11.1 Å². The summed E-state index contributed by atoms with van der Waals surface area (Å²) in [7, 11) is 0. The summed E-state index contributed by atoms with van der Waals surface area (Å²) in [5.74, 6) is -1.54. The lowest BCUT2D eigenvalue weighted by Gasteiger charge is -2.32. The van der Waals surface area contributed by atoms with Gasteiger partial charge < -0.3 is 16.0 Å². The van der Waals surface area contributed by atoms with Crippen molar-refractivity contribution in [3.05, 3.63) is 35.4 Å². The van der Waals surface area contributed by atoms with E-state index in [0.717, 1.165) is 44.6 Å². The van der Waals surface area contributed by atoms with Gasteiger partial charge in [-0.05, 0) is 24.5 Å². The van der Waals surface area contributed by atoms with Crippen molar-refractivity contribution in [2.75, 3.05) is 26.2 Å². The first-order chi connectivity index (χ1) is 10.1. The van der Waals surface area contributed by atoms with E-state index in [1.165, 1.54) is 6.07 Å². The maximum Gasteiger partial charge on any atom is 0.224 e. The molecule has 0 aromatic heterocycles. The monoisotopic (exact) mass is 297 g/mol. The zero-order valence-corrected chi connectivity index (χ0v) is 11.9. The second kappa shape index (κ2) is 7.47. The highest BCUT2D eigenvalue weighted by molar-refractivity contribution is 5.78. The SMILES string of the molecule is NCCN1CCC(NC(=O)Cc2ccc(F)cc2F)CC1. The highest BCUT2D eigenvalue weighted by Crippen LogP contribution is 2.12. The molecule has 0 saturated carbocycles. The summed E-state index contributed by atoms with van der Waals surface area (Å²) >= 11 is 0. The molecule has 116 valence electrons. The molecule has 1 aromatic rings. The van der Waals surface area contributed by atoms with Crippen LogP contribution in [0.15, 0.2) is 18.2 Å². The van der Waals surface area contributed by atoms with Crippen LogP contribution in [-0.2, 0) is 11.2 Å². The van der Waals surface area contributed by atoms with Crippen molar-refractivity contribution < 1.29 is 13.6 Å². The van der Waals surface area contributed by atoms with Gasteiger partial charge in [0.05, 0.1) is 6.42 Å². The van der Waals surface area contributed by atoms with Gasteiger partial charge in [-0.15, -0.1) is 0 Å². The van der Waals surface area contributed by atoms with Crippen molar-refractivity contribution in [3.63, 3.8) is 0 Å². The van der Waals surface area contributed by atoms with Crippen molar-refractivity contribution in [1.82, 2.24) is 10.2 Å². The van der Waals surface area contributed by atoms with Crippen LogP contribution in [0.5, 0.6) is 0 Å². The van der Waals surface area contributed by atoms with Crippen LogP contribution in [0.4, 0.5) is 8.78 Å². The summed E-state index contributed by atoms with van der Waals surface area (Å²) < 4.78 is 26.3. The number of nitrogens with two attached hydrogens (primary N) is 1. The number of rotatable bonds is 5. The molecular formula is C15H21F2N3O. The summed E-state index contributed by atoms with van der Waals surface area (Å²) in [5.41, 5.74) is 5.73. The van der Waals surface area contributed by atoms with Gasteiger partial charge in [-0.1, -0.05) is 6.07 Å². The van der Waals surface area contributed by atoms with Crippen LogP contribution in [0.2, 0.25) is 0 Å². The molecule has 0 atom stereocenters. The Morgan fingerprint density at radius 2 is 2.05 bits per heavy atom. The van der Waals surface area contributed by atoms with E-state index < -0.39 is 11.6 Å². The van der Waals surface area contributed by atoms with Crippen LogP contribution in [0.1, 0.15) is 18.4 Å². The van der Waals surface area contributed by atoms with Crippen LogP contribution in [-0.4, -0.2) is 43.0 Å². The Morgan fingerprint density at radius 3 is 2.67 bits per heavy atom. The summed E-state index contributed by atoms with van der Waals surface area (Å²) in [5, 5.41) is 2.91. The van der Waals surface area contributed by atoms with Gasteiger partial charge in [-0.25, -0.2) is 8.78 Å². The molecule has 21 heavy (non-hydrogen) atoms. The molecule has 2 rings (SSSR count). The zero-order valence-electron chi connectivity index (χ0n) is 11.9. The number of carbonyl (C=O) groups is 1. The van der Waals surface area contributed by atoms with Gasteiger partial charge in [-0.2, -0.15) is 0 Å². The van der Waals surface area contributed by atoms with Crippen molar-refractivity contribution in [1.29, 1.82) is 0 Å². The summed E-state index contributed by atoms with van der Waals surface area (Å²) in [4.78, 5) is 14.2. The average Bonchev–Trinajstić information content (AvgIpc) is 2.44. The standard InChI is InChI=1S/C15H21F2N3O/c16-12-2-1-11(14(17)10-12)9-15(21)19-13-3-6-20(7-4-13)8-5-18/h1-2,10,13H,3-9,18H2,(H,19,21). The Kier molecular flexibility index (Phi) is 5.64. The highest BCUT2D eigenvalue weighted by Gasteiger charge is 2.20. The van der Waals surface area contributed by atoms with E-state index in [1.807, 2.05) is 0 Å². The molecule has 0 bridgehead atoms. The van der Waals surface area contributed by atoms with Gasteiger partial charge in [0.2, 0.25) is 5.91 Å². The van der Waals surface area contributed by atoms with E-state index in [-0.39, 0.29) is 23.9 Å². The van der Waals surface area contributed by atoms with Crippen molar-refractivity contribution in [2.45, 2.75) is 25.3 Å². The fourth-order valence-corrected chi connectivity index (χ4v) is 2.60. The summed E-state index contributed by atoms with van der Waals surface area (Å²) in [6.45, 7) is 3.34. The third-order valence-electron chi connectivity index (χ3n) is 3.76. The second-order valence-corrected chi connectivity index (χ2v) is 5.38. The Balaban J connectivity index is 1.80. The Morgan fingerprint density at radius 1 is 1.33 bits per heavy atom. The molecule has 6 heteroatoms. The van der Waals surface area contributed by atoms with Gasteiger partial charge in [0, 0.05) is 38.3 Å². The number of hydrogen-bond acceptors (Lipinski definition) is 3. The van der Waals surface area contributed by atoms with E-state index in [9.17, 15) is 13.6 Å². The Hall–Kier alpha value is -1.53. The molecule has 1 aromatic carbocycles. The maximum absolute atomic E-state index is 13.5. The summed E-state index contributed by atoms with van der Waals surface area (Å²) in [6.07, 6.45) is 1.68. The molecule has 1 heterocycles. The van der Waals surface area contributed by atoms with Gasteiger partial charge in [0.15, 0.2) is 0 Å². The molecule has 3 N–H and O–H groups in total. The first kappa shape index (κ1) is 15.9. The zero-order chi connectivity index (χ0) is 15.2. The van der Waals surface area contributed by atoms with Crippen molar-refractivity contribution >= 4 is 5.91 Å². The Labute approximate surface area is 123 Å². The van der Waals surface area contributed by atoms with Crippen LogP contribution in [0, 0.1) is 11.6 Å². The van der Waals surface area contributed by atoms with Crippen molar-refractivity contribution in [2.24, 2.45) is 5.73 Å². The molecule has 0 aliphatic carbocycles. The minimum Gasteiger partial charge on any atom is -0.353 e. The normalized spacial score (nSPS) is 16.9. The highest BCUT2D eigenvalue weighted by atomic mass is 19.1. The Bertz CT molecular complexity index is 488. The van der Waals surface area contributed by atoms with E-state index >= 15 is 0 Å². The number of carbonyl (C=O) groups excluding carboxylic acids is 1.